The highest BCUT2D eigenvalue weighted by Gasteiger charge is 2.26. The summed E-state index contributed by atoms with van der Waals surface area (Å²) in [7, 11) is 0. The zero-order chi connectivity index (χ0) is 18.1. The van der Waals surface area contributed by atoms with Crippen LogP contribution in [0.25, 0.3) is 10.2 Å². The Labute approximate surface area is 151 Å². The van der Waals surface area contributed by atoms with Crippen molar-refractivity contribution in [3.63, 3.8) is 0 Å². The summed E-state index contributed by atoms with van der Waals surface area (Å²) < 4.78 is 3.19. The van der Waals surface area contributed by atoms with Crippen molar-refractivity contribution in [3.05, 3.63) is 50.5 Å². The maximum atomic E-state index is 12.5. The van der Waals surface area contributed by atoms with Crippen molar-refractivity contribution in [2.75, 3.05) is 13.1 Å². The van der Waals surface area contributed by atoms with Crippen LogP contribution in [-0.2, 0) is 11.3 Å². The molecule has 0 aliphatic carbocycles. The third kappa shape index (κ3) is 3.03. The molecule has 26 heavy (non-hydrogen) atoms. The Bertz CT molecular complexity index is 1060. The first-order valence-corrected chi connectivity index (χ1v) is 9.14. The minimum Gasteiger partial charge on any atom is -0.341 e. The minimum absolute atomic E-state index is 0.0781. The lowest BCUT2D eigenvalue weighted by molar-refractivity contribution is -0.133. The van der Waals surface area contributed by atoms with E-state index in [4.69, 9.17) is 0 Å². The molecular weight excluding hydrogens is 356 g/mol. The van der Waals surface area contributed by atoms with Gasteiger partial charge in [0, 0.05) is 25.4 Å². The van der Waals surface area contributed by atoms with Gasteiger partial charge < -0.3 is 4.90 Å². The number of carbonyl (C=O) groups excluding carboxylic acids is 1. The molecule has 1 aliphatic rings. The lowest BCUT2D eigenvalue weighted by Crippen LogP contribution is -2.43. The first kappa shape index (κ1) is 16.6. The number of amides is 1. The second-order valence-electron chi connectivity index (χ2n) is 6.11. The molecule has 0 atom stereocenters. The van der Waals surface area contributed by atoms with Crippen molar-refractivity contribution in [3.8, 4) is 0 Å². The average molecular weight is 372 g/mol. The predicted octanol–water partition coefficient (Wildman–Crippen LogP) is 0.273. The molecule has 0 unspecified atom stereocenters. The molecule has 1 fully saturated rings. The number of aromatic nitrogens is 5. The van der Waals surface area contributed by atoms with Gasteiger partial charge in [-0.3, -0.25) is 14.4 Å². The number of thiophene rings is 1. The van der Waals surface area contributed by atoms with Crippen LogP contribution in [0.5, 0.6) is 0 Å². The summed E-state index contributed by atoms with van der Waals surface area (Å²) in [5, 5.41) is 13.9. The smallest absolute Gasteiger partial charge is 0.287 e. The number of nitrogens with zero attached hydrogens (tertiary/aromatic N) is 6. The van der Waals surface area contributed by atoms with Gasteiger partial charge in [-0.25, -0.2) is 9.36 Å². The van der Waals surface area contributed by atoms with E-state index >= 15 is 0 Å². The number of hydrogen-bond acceptors (Lipinski definition) is 7. The first-order valence-electron chi connectivity index (χ1n) is 8.26. The molecule has 0 radical (unpaired) electrons. The maximum Gasteiger partial charge on any atom is 0.287 e. The Balaban J connectivity index is 1.44. The van der Waals surface area contributed by atoms with E-state index in [0.29, 0.717) is 36.1 Å². The lowest BCUT2D eigenvalue weighted by Gasteiger charge is -2.32. The summed E-state index contributed by atoms with van der Waals surface area (Å²) in [6.07, 6.45) is 2.72. The second kappa shape index (κ2) is 6.79. The highest BCUT2D eigenvalue weighted by atomic mass is 32.1. The molecule has 1 saturated heterocycles. The standard InChI is InChI=1S/C16H16N6O3S/c23-13-2-1-6-17-21(13)10-14(24)20-7-3-11(4-8-20)22-16(25)15-12(18-19-22)5-9-26-15/h1-2,5-6,9,11H,3-4,7-8,10H2. The molecule has 0 bridgehead atoms. The van der Waals surface area contributed by atoms with Gasteiger partial charge in [-0.15, -0.1) is 16.4 Å². The zero-order valence-corrected chi connectivity index (χ0v) is 14.6. The van der Waals surface area contributed by atoms with Crippen LogP contribution in [0.1, 0.15) is 18.9 Å². The summed E-state index contributed by atoms with van der Waals surface area (Å²) in [6, 6.07) is 4.61. The topological polar surface area (TPSA) is 103 Å². The van der Waals surface area contributed by atoms with Crippen LogP contribution >= 0.6 is 11.3 Å². The molecule has 0 aromatic carbocycles. The first-order chi connectivity index (χ1) is 12.6. The van der Waals surface area contributed by atoms with Crippen molar-refractivity contribution < 1.29 is 4.79 Å². The zero-order valence-electron chi connectivity index (χ0n) is 13.8. The molecule has 0 saturated carbocycles. The quantitative estimate of drug-likeness (QED) is 0.654. The largest absolute Gasteiger partial charge is 0.341 e. The summed E-state index contributed by atoms with van der Waals surface area (Å²) >= 11 is 1.36. The number of carbonyl (C=O) groups is 1. The van der Waals surface area contributed by atoms with Crippen LogP contribution in [-0.4, -0.2) is 48.7 Å². The molecule has 0 spiro atoms. The molecule has 3 aromatic rings. The molecule has 1 amide bonds. The third-order valence-corrected chi connectivity index (χ3v) is 5.42. The van der Waals surface area contributed by atoms with Gasteiger partial charge in [0.05, 0.1) is 6.04 Å². The van der Waals surface area contributed by atoms with Crippen LogP contribution < -0.4 is 11.1 Å². The number of hydrogen-bond donors (Lipinski definition) is 0. The predicted molar refractivity (Wildman–Crippen MR) is 95.0 cm³/mol. The van der Waals surface area contributed by atoms with Gasteiger partial charge in [-0.1, -0.05) is 5.21 Å². The van der Waals surface area contributed by atoms with E-state index in [0.717, 1.165) is 4.68 Å². The summed E-state index contributed by atoms with van der Waals surface area (Å²) in [4.78, 5) is 38.3. The van der Waals surface area contributed by atoms with Crippen molar-refractivity contribution in [2.24, 2.45) is 0 Å². The molecule has 9 nitrogen and oxygen atoms in total. The van der Waals surface area contributed by atoms with Gasteiger partial charge in [-0.05, 0) is 30.4 Å². The van der Waals surface area contributed by atoms with Crippen LogP contribution in [0.2, 0.25) is 0 Å². The second-order valence-corrected chi connectivity index (χ2v) is 7.02. The Morgan fingerprint density at radius 3 is 2.81 bits per heavy atom. The van der Waals surface area contributed by atoms with E-state index in [-0.39, 0.29) is 29.6 Å². The van der Waals surface area contributed by atoms with Crippen LogP contribution in [0.3, 0.4) is 0 Å². The van der Waals surface area contributed by atoms with Gasteiger partial charge >= 0.3 is 0 Å². The molecule has 4 rings (SSSR count). The molecule has 4 heterocycles. The molecule has 134 valence electrons. The fourth-order valence-corrected chi connectivity index (χ4v) is 3.87. The van der Waals surface area contributed by atoms with Crippen LogP contribution in [0.15, 0.2) is 39.4 Å². The normalized spacial score (nSPS) is 15.5. The highest BCUT2D eigenvalue weighted by molar-refractivity contribution is 7.17. The molecule has 3 aromatic heterocycles. The lowest BCUT2D eigenvalue weighted by atomic mass is 10.1. The Morgan fingerprint density at radius 1 is 1.23 bits per heavy atom. The van der Waals surface area contributed by atoms with E-state index in [2.05, 4.69) is 15.4 Å². The molecule has 0 N–H and O–H groups in total. The van der Waals surface area contributed by atoms with Crippen molar-refractivity contribution in [1.29, 1.82) is 0 Å². The van der Waals surface area contributed by atoms with Gasteiger partial charge in [-0.2, -0.15) is 5.10 Å². The average Bonchev–Trinajstić information content (AvgIpc) is 3.14. The summed E-state index contributed by atoms with van der Waals surface area (Å²) in [5.74, 6) is -0.156. The Morgan fingerprint density at radius 2 is 2.04 bits per heavy atom. The monoisotopic (exact) mass is 372 g/mol. The molecule has 10 heteroatoms. The van der Waals surface area contributed by atoms with Crippen molar-refractivity contribution in [2.45, 2.75) is 25.4 Å². The number of fused-ring (bicyclic) bond motifs is 1. The van der Waals surface area contributed by atoms with E-state index < -0.39 is 0 Å². The van der Waals surface area contributed by atoms with E-state index in [1.165, 1.54) is 34.3 Å². The van der Waals surface area contributed by atoms with Gasteiger partial charge in [0.25, 0.3) is 11.1 Å². The fourth-order valence-electron chi connectivity index (χ4n) is 3.12. The van der Waals surface area contributed by atoms with E-state index in [1.807, 2.05) is 5.38 Å². The maximum absolute atomic E-state index is 12.5. The number of piperidine rings is 1. The molecule has 1 aliphatic heterocycles. The number of likely N-dealkylation sites (tertiary alicyclic amines) is 1. The van der Waals surface area contributed by atoms with Gasteiger partial charge in [0.15, 0.2) is 0 Å². The van der Waals surface area contributed by atoms with E-state index in [9.17, 15) is 14.4 Å². The highest BCUT2D eigenvalue weighted by Crippen LogP contribution is 2.21. The third-order valence-electron chi connectivity index (χ3n) is 4.53. The fraction of sp³-hybridized carbons (Fsp3) is 0.375. The van der Waals surface area contributed by atoms with Gasteiger partial charge in [0.1, 0.15) is 16.8 Å². The number of rotatable bonds is 3. The summed E-state index contributed by atoms with van der Waals surface area (Å²) in [6.45, 7) is 0.925. The van der Waals surface area contributed by atoms with Crippen LogP contribution in [0.4, 0.5) is 0 Å². The summed E-state index contributed by atoms with van der Waals surface area (Å²) in [5.41, 5.74) is 0.182. The Hall–Kier alpha value is -2.88. The molecular formula is C16H16N6O3S. The van der Waals surface area contributed by atoms with Crippen molar-refractivity contribution in [1.82, 2.24) is 29.7 Å². The van der Waals surface area contributed by atoms with E-state index in [1.54, 1.807) is 11.0 Å². The van der Waals surface area contributed by atoms with Crippen LogP contribution in [0, 0.1) is 0 Å². The minimum atomic E-state index is -0.304. The van der Waals surface area contributed by atoms with Crippen molar-refractivity contribution >= 4 is 27.5 Å². The van der Waals surface area contributed by atoms with Gasteiger partial charge in [0.2, 0.25) is 5.91 Å². The SMILES string of the molecule is O=C(Cn1ncccc1=O)N1CCC(n2nnc3ccsc3c2=O)CC1. The Kier molecular flexibility index (Phi) is 4.33.